The molecule has 132 valence electrons. The van der Waals surface area contributed by atoms with Crippen LogP contribution in [0.1, 0.15) is 26.3 Å². The molecule has 0 radical (unpaired) electrons. The molecule has 2 aromatic carbocycles. The smallest absolute Gasteiger partial charge is 0.274 e. The third kappa shape index (κ3) is 3.74. The molecule has 0 saturated heterocycles. The first-order valence-corrected chi connectivity index (χ1v) is 6.60. The highest BCUT2D eigenvalue weighted by Gasteiger charge is 2.23. The van der Waals surface area contributed by atoms with Crippen molar-refractivity contribution in [2.45, 2.75) is 6.54 Å². The molecular formula is C15H9F5N2O3. The van der Waals surface area contributed by atoms with E-state index >= 15 is 0 Å². The molecule has 3 N–H and O–H groups in total. The maximum atomic E-state index is 13.8. The third-order valence-electron chi connectivity index (χ3n) is 3.20. The van der Waals surface area contributed by atoms with Gasteiger partial charge in [-0.15, -0.1) is 0 Å². The van der Waals surface area contributed by atoms with Crippen molar-refractivity contribution in [3.8, 4) is 0 Å². The first-order valence-electron chi connectivity index (χ1n) is 6.60. The lowest BCUT2D eigenvalue weighted by Crippen LogP contribution is -2.25. The van der Waals surface area contributed by atoms with E-state index in [2.05, 4.69) is 0 Å². The van der Waals surface area contributed by atoms with E-state index in [0.717, 1.165) is 18.2 Å². The van der Waals surface area contributed by atoms with Gasteiger partial charge in [-0.05, 0) is 18.2 Å². The van der Waals surface area contributed by atoms with Crippen LogP contribution < -0.4 is 10.8 Å². The predicted molar refractivity (Wildman–Crippen MR) is 73.1 cm³/mol. The lowest BCUT2D eigenvalue weighted by atomic mass is 10.1. The van der Waals surface area contributed by atoms with Crippen molar-refractivity contribution >= 4 is 11.8 Å². The third-order valence-corrected chi connectivity index (χ3v) is 3.20. The Kier molecular flexibility index (Phi) is 5.32. The lowest BCUT2D eigenvalue weighted by molar-refractivity contribution is 0.0705. The Balaban J connectivity index is 2.17. The maximum absolute atomic E-state index is 13.8. The van der Waals surface area contributed by atoms with Crippen molar-refractivity contribution in [2.24, 2.45) is 0 Å². The molecule has 0 fully saturated rings. The first-order chi connectivity index (χ1) is 11.8. The average Bonchev–Trinajstić information content (AvgIpc) is 2.60. The van der Waals surface area contributed by atoms with Crippen molar-refractivity contribution in [1.29, 1.82) is 0 Å². The van der Waals surface area contributed by atoms with Gasteiger partial charge in [0.15, 0.2) is 23.3 Å². The molecule has 0 bridgehead atoms. The summed E-state index contributed by atoms with van der Waals surface area (Å²) < 4.78 is 66.3. The number of benzene rings is 2. The Labute approximate surface area is 137 Å². The Morgan fingerprint density at radius 3 is 2.16 bits per heavy atom. The van der Waals surface area contributed by atoms with Crippen LogP contribution in [0.4, 0.5) is 22.0 Å². The quantitative estimate of drug-likeness (QED) is 0.258. The fraction of sp³-hybridized carbons (Fsp3) is 0.0667. The van der Waals surface area contributed by atoms with Crippen LogP contribution in [0.5, 0.6) is 0 Å². The summed E-state index contributed by atoms with van der Waals surface area (Å²) in [7, 11) is 0. The van der Waals surface area contributed by atoms with E-state index in [0.29, 0.717) is 0 Å². The van der Waals surface area contributed by atoms with Gasteiger partial charge in [-0.3, -0.25) is 14.8 Å². The molecule has 0 unspecified atom stereocenters. The van der Waals surface area contributed by atoms with E-state index in [-0.39, 0.29) is 17.2 Å². The van der Waals surface area contributed by atoms with Gasteiger partial charge < -0.3 is 5.32 Å². The number of halogens is 5. The molecule has 0 aliphatic heterocycles. The normalized spacial score (nSPS) is 10.5. The van der Waals surface area contributed by atoms with E-state index in [1.165, 1.54) is 5.48 Å². The molecule has 0 aliphatic rings. The van der Waals surface area contributed by atoms with Gasteiger partial charge in [0.1, 0.15) is 5.82 Å². The van der Waals surface area contributed by atoms with Gasteiger partial charge in [-0.1, -0.05) is 6.07 Å². The summed E-state index contributed by atoms with van der Waals surface area (Å²) >= 11 is 0. The molecule has 25 heavy (non-hydrogen) atoms. The fourth-order valence-electron chi connectivity index (χ4n) is 1.91. The minimum absolute atomic E-state index is 0.133. The van der Waals surface area contributed by atoms with Crippen LogP contribution in [-0.2, 0) is 6.54 Å². The number of hydroxylamine groups is 1. The Morgan fingerprint density at radius 2 is 1.56 bits per heavy atom. The average molecular weight is 360 g/mol. The number of hydrogen-bond donors (Lipinski definition) is 3. The lowest BCUT2D eigenvalue weighted by Gasteiger charge is -2.09. The Morgan fingerprint density at radius 1 is 0.880 bits per heavy atom. The molecule has 5 nitrogen and oxygen atoms in total. The van der Waals surface area contributed by atoms with Crippen LogP contribution >= 0.6 is 0 Å². The second-order valence-electron chi connectivity index (χ2n) is 4.78. The van der Waals surface area contributed by atoms with Gasteiger partial charge in [-0.2, -0.15) is 0 Å². The largest absolute Gasteiger partial charge is 0.348 e. The van der Waals surface area contributed by atoms with E-state index in [1.807, 2.05) is 5.32 Å². The molecule has 0 saturated carbocycles. The summed E-state index contributed by atoms with van der Waals surface area (Å²) in [5.74, 6) is -11.0. The SMILES string of the molecule is O=C(NO)c1ccc(CNC(=O)c2cc(F)c(F)c(F)c2F)c(F)c1. The van der Waals surface area contributed by atoms with Gasteiger partial charge in [-0.25, -0.2) is 27.4 Å². The minimum Gasteiger partial charge on any atom is -0.348 e. The molecular weight excluding hydrogens is 351 g/mol. The van der Waals surface area contributed by atoms with Gasteiger partial charge in [0, 0.05) is 17.7 Å². The zero-order valence-electron chi connectivity index (χ0n) is 12.2. The van der Waals surface area contributed by atoms with Gasteiger partial charge in [0.25, 0.3) is 11.8 Å². The molecule has 2 aromatic rings. The molecule has 0 spiro atoms. The van der Waals surface area contributed by atoms with Crippen LogP contribution in [0.15, 0.2) is 24.3 Å². The van der Waals surface area contributed by atoms with Gasteiger partial charge in [0.2, 0.25) is 0 Å². The fourth-order valence-corrected chi connectivity index (χ4v) is 1.91. The highest BCUT2D eigenvalue weighted by molar-refractivity contribution is 5.94. The Hall–Kier alpha value is -3.01. The van der Waals surface area contributed by atoms with Crippen LogP contribution in [0.3, 0.4) is 0 Å². The predicted octanol–water partition coefficient (Wildman–Crippen LogP) is 2.43. The van der Waals surface area contributed by atoms with Gasteiger partial charge in [0.05, 0.1) is 5.56 Å². The van der Waals surface area contributed by atoms with E-state index in [4.69, 9.17) is 5.21 Å². The molecule has 2 amide bonds. The summed E-state index contributed by atoms with van der Waals surface area (Å²) in [5, 5.41) is 10.4. The molecule has 2 rings (SSSR count). The van der Waals surface area contributed by atoms with E-state index in [1.54, 1.807) is 0 Å². The number of nitrogens with one attached hydrogen (secondary N) is 2. The number of rotatable bonds is 4. The zero-order chi connectivity index (χ0) is 18.7. The summed E-state index contributed by atoms with van der Waals surface area (Å²) in [6.45, 7) is -0.508. The summed E-state index contributed by atoms with van der Waals surface area (Å²) in [6.07, 6.45) is 0. The van der Waals surface area contributed by atoms with Crippen molar-refractivity contribution in [2.75, 3.05) is 0 Å². The maximum Gasteiger partial charge on any atom is 0.274 e. The highest BCUT2D eigenvalue weighted by atomic mass is 19.2. The highest BCUT2D eigenvalue weighted by Crippen LogP contribution is 2.19. The second kappa shape index (κ2) is 7.26. The van der Waals surface area contributed by atoms with Crippen molar-refractivity contribution in [3.63, 3.8) is 0 Å². The van der Waals surface area contributed by atoms with E-state index in [9.17, 15) is 31.5 Å². The van der Waals surface area contributed by atoms with Crippen LogP contribution in [0.2, 0.25) is 0 Å². The van der Waals surface area contributed by atoms with Crippen LogP contribution in [0, 0.1) is 29.1 Å². The number of carbonyl (C=O) groups excluding carboxylic acids is 2. The molecule has 0 heterocycles. The van der Waals surface area contributed by atoms with Crippen molar-refractivity contribution < 1.29 is 36.7 Å². The summed E-state index contributed by atoms with van der Waals surface area (Å²) in [6, 6.07) is 3.18. The van der Waals surface area contributed by atoms with Crippen LogP contribution in [0.25, 0.3) is 0 Å². The molecule has 0 aromatic heterocycles. The topological polar surface area (TPSA) is 78.4 Å². The zero-order valence-corrected chi connectivity index (χ0v) is 12.2. The summed E-state index contributed by atoms with van der Waals surface area (Å²) in [5.41, 5.74) is -0.125. The van der Waals surface area contributed by atoms with Gasteiger partial charge >= 0.3 is 0 Å². The van der Waals surface area contributed by atoms with Crippen molar-refractivity contribution in [1.82, 2.24) is 10.8 Å². The number of carbonyl (C=O) groups is 2. The molecule has 0 aliphatic carbocycles. The Bertz CT molecular complexity index is 858. The van der Waals surface area contributed by atoms with Crippen LogP contribution in [-0.4, -0.2) is 17.0 Å². The summed E-state index contributed by atoms with van der Waals surface area (Å²) in [4.78, 5) is 22.9. The monoisotopic (exact) mass is 360 g/mol. The molecule has 0 atom stereocenters. The molecule has 10 heteroatoms. The van der Waals surface area contributed by atoms with Crippen molar-refractivity contribution in [3.05, 3.63) is 70.0 Å². The second-order valence-corrected chi connectivity index (χ2v) is 4.78. The minimum atomic E-state index is -2.14. The van der Waals surface area contributed by atoms with E-state index < -0.39 is 53.0 Å². The first kappa shape index (κ1) is 18.3. The standard InChI is InChI=1S/C15H9F5N2O3/c16-9-3-6(14(23)22-25)1-2-7(9)5-21-15(24)8-4-10(17)12(19)13(20)11(8)18/h1-4,25H,5H2,(H,21,24)(H,22,23). The number of amides is 2. The number of hydrogen-bond acceptors (Lipinski definition) is 3.